The van der Waals surface area contributed by atoms with Crippen LogP contribution in [-0.4, -0.2) is 34.9 Å². The molecule has 1 saturated carbocycles. The van der Waals surface area contributed by atoms with Crippen molar-refractivity contribution in [3.63, 3.8) is 0 Å². The first-order valence-corrected chi connectivity index (χ1v) is 8.83. The topological polar surface area (TPSA) is 72.7 Å². The van der Waals surface area contributed by atoms with Crippen molar-refractivity contribution >= 4 is 11.6 Å². The Morgan fingerprint density at radius 1 is 1.04 bits per heavy atom. The fourth-order valence-electron chi connectivity index (χ4n) is 3.64. The molecule has 0 spiro atoms. The van der Waals surface area contributed by atoms with Gasteiger partial charge in [0.15, 0.2) is 0 Å². The minimum absolute atomic E-state index is 0.0650. The lowest BCUT2D eigenvalue weighted by Gasteiger charge is -2.35. The van der Waals surface area contributed by atoms with Crippen LogP contribution in [0.1, 0.15) is 44.9 Å². The van der Waals surface area contributed by atoms with Gasteiger partial charge in [-0.1, -0.05) is 19.3 Å². The largest absolute Gasteiger partial charge is 0.490 e. The molecular weight excluding hydrogens is 308 g/mol. The Morgan fingerprint density at radius 3 is 2.25 bits per heavy atom. The molecule has 1 heterocycles. The molecule has 1 aromatic carbocycles. The summed E-state index contributed by atoms with van der Waals surface area (Å²) in [4.78, 5) is 24.8. The second-order valence-corrected chi connectivity index (χ2v) is 6.73. The van der Waals surface area contributed by atoms with Crippen LogP contribution in [0.25, 0.3) is 0 Å². The van der Waals surface area contributed by atoms with Gasteiger partial charge in [0.2, 0.25) is 5.91 Å². The predicted octanol–water partition coefficient (Wildman–Crippen LogP) is 3.54. The minimum Gasteiger partial charge on any atom is -0.490 e. The highest BCUT2D eigenvalue weighted by Gasteiger charge is 2.29. The average molecular weight is 332 g/mol. The molecule has 1 amide bonds. The number of carbonyl (C=O) groups excluding carboxylic acids is 1. The maximum Gasteiger partial charge on any atom is 0.269 e. The maximum atomic E-state index is 12.5. The molecule has 1 aliphatic heterocycles. The monoisotopic (exact) mass is 332 g/mol. The van der Waals surface area contributed by atoms with Crippen LogP contribution in [0.2, 0.25) is 0 Å². The number of piperidine rings is 1. The molecule has 3 rings (SSSR count). The molecule has 0 atom stereocenters. The number of hydrogen-bond donors (Lipinski definition) is 0. The molecule has 1 aromatic rings. The number of nitro benzene ring substituents is 1. The molecule has 6 heteroatoms. The number of amides is 1. The Hall–Kier alpha value is -2.11. The van der Waals surface area contributed by atoms with E-state index in [1.165, 1.54) is 31.4 Å². The average Bonchev–Trinajstić information content (AvgIpc) is 2.63. The van der Waals surface area contributed by atoms with E-state index in [2.05, 4.69) is 0 Å². The fraction of sp³-hybridized carbons (Fsp3) is 0.611. The summed E-state index contributed by atoms with van der Waals surface area (Å²) in [7, 11) is 0. The van der Waals surface area contributed by atoms with Crippen molar-refractivity contribution in [2.24, 2.45) is 5.92 Å². The van der Waals surface area contributed by atoms with E-state index in [4.69, 9.17) is 4.74 Å². The van der Waals surface area contributed by atoms with Gasteiger partial charge in [-0.2, -0.15) is 0 Å². The zero-order chi connectivity index (χ0) is 16.9. The molecule has 130 valence electrons. The second kappa shape index (κ2) is 7.64. The van der Waals surface area contributed by atoms with Crippen LogP contribution in [0.5, 0.6) is 5.75 Å². The van der Waals surface area contributed by atoms with Gasteiger partial charge in [0.05, 0.1) is 4.92 Å². The number of rotatable bonds is 4. The number of benzene rings is 1. The third-order valence-corrected chi connectivity index (χ3v) is 5.06. The molecule has 0 radical (unpaired) electrons. The van der Waals surface area contributed by atoms with Crippen LogP contribution in [0.15, 0.2) is 24.3 Å². The normalized spacial score (nSPS) is 19.9. The van der Waals surface area contributed by atoms with Crippen molar-refractivity contribution in [1.29, 1.82) is 0 Å². The van der Waals surface area contributed by atoms with E-state index in [0.717, 1.165) is 38.8 Å². The molecule has 1 aliphatic carbocycles. The highest BCUT2D eigenvalue weighted by Crippen LogP contribution is 2.27. The Balaban J connectivity index is 1.48. The van der Waals surface area contributed by atoms with E-state index in [0.29, 0.717) is 11.7 Å². The summed E-state index contributed by atoms with van der Waals surface area (Å²) in [6.07, 6.45) is 7.39. The van der Waals surface area contributed by atoms with Gasteiger partial charge in [0, 0.05) is 44.0 Å². The van der Waals surface area contributed by atoms with Gasteiger partial charge in [-0.15, -0.1) is 0 Å². The van der Waals surface area contributed by atoms with Crippen molar-refractivity contribution in [3.05, 3.63) is 34.4 Å². The molecule has 24 heavy (non-hydrogen) atoms. The Bertz CT molecular complexity index is 573. The molecule has 2 aliphatic rings. The first-order chi connectivity index (χ1) is 11.6. The van der Waals surface area contributed by atoms with E-state index in [-0.39, 0.29) is 17.7 Å². The first kappa shape index (κ1) is 16.7. The Labute approximate surface area is 141 Å². The van der Waals surface area contributed by atoms with Crippen LogP contribution in [-0.2, 0) is 4.79 Å². The molecule has 0 unspecified atom stereocenters. The lowest BCUT2D eigenvalue weighted by molar-refractivity contribution is -0.384. The molecule has 1 saturated heterocycles. The molecule has 6 nitrogen and oxygen atoms in total. The Morgan fingerprint density at radius 2 is 1.67 bits per heavy atom. The Kier molecular flexibility index (Phi) is 5.33. The molecular formula is C18H24N2O4. The first-order valence-electron chi connectivity index (χ1n) is 8.83. The van der Waals surface area contributed by atoms with E-state index in [1.807, 2.05) is 4.90 Å². The number of ether oxygens (including phenoxy) is 1. The van der Waals surface area contributed by atoms with Crippen LogP contribution in [0, 0.1) is 16.0 Å². The van der Waals surface area contributed by atoms with E-state index < -0.39 is 4.92 Å². The standard InChI is InChI=1S/C18H24N2O4/c21-18(14-4-2-1-3-5-14)19-12-10-17(11-13-19)24-16-8-6-15(7-9-16)20(22)23/h6-9,14,17H,1-5,10-13H2. The third kappa shape index (κ3) is 4.04. The maximum absolute atomic E-state index is 12.5. The number of nitrogens with zero attached hydrogens (tertiary/aromatic N) is 2. The summed E-state index contributed by atoms with van der Waals surface area (Å²) < 4.78 is 5.90. The van der Waals surface area contributed by atoms with Gasteiger partial charge in [-0.25, -0.2) is 0 Å². The number of nitro groups is 1. The lowest BCUT2D eigenvalue weighted by Crippen LogP contribution is -2.44. The van der Waals surface area contributed by atoms with Crippen LogP contribution < -0.4 is 4.74 Å². The van der Waals surface area contributed by atoms with E-state index in [1.54, 1.807) is 12.1 Å². The van der Waals surface area contributed by atoms with Crippen molar-refractivity contribution in [1.82, 2.24) is 4.90 Å². The summed E-state index contributed by atoms with van der Waals surface area (Å²) in [5, 5.41) is 10.7. The number of non-ortho nitro benzene ring substituents is 1. The van der Waals surface area contributed by atoms with Gasteiger partial charge in [0.1, 0.15) is 11.9 Å². The summed E-state index contributed by atoms with van der Waals surface area (Å²) in [6, 6.07) is 6.18. The van der Waals surface area contributed by atoms with Crippen molar-refractivity contribution in [2.45, 2.75) is 51.0 Å². The predicted molar refractivity (Wildman–Crippen MR) is 89.9 cm³/mol. The van der Waals surface area contributed by atoms with Crippen LogP contribution in [0.3, 0.4) is 0 Å². The smallest absolute Gasteiger partial charge is 0.269 e. The lowest BCUT2D eigenvalue weighted by atomic mass is 9.88. The van der Waals surface area contributed by atoms with Gasteiger partial charge in [-0.05, 0) is 25.0 Å². The summed E-state index contributed by atoms with van der Waals surface area (Å²) in [5.74, 6) is 1.20. The highest BCUT2D eigenvalue weighted by atomic mass is 16.6. The number of likely N-dealkylation sites (tertiary alicyclic amines) is 1. The van der Waals surface area contributed by atoms with E-state index >= 15 is 0 Å². The summed E-state index contributed by atoms with van der Waals surface area (Å²) in [5.41, 5.74) is 0.0650. The SMILES string of the molecule is O=C(C1CCCCC1)N1CCC(Oc2ccc([N+](=O)[O-])cc2)CC1. The number of carbonyl (C=O) groups is 1. The number of hydrogen-bond acceptors (Lipinski definition) is 4. The molecule has 2 fully saturated rings. The van der Waals surface area contributed by atoms with Crippen molar-refractivity contribution < 1.29 is 14.5 Å². The molecule has 0 bridgehead atoms. The van der Waals surface area contributed by atoms with Gasteiger partial charge in [-0.3, -0.25) is 14.9 Å². The summed E-state index contributed by atoms with van der Waals surface area (Å²) >= 11 is 0. The minimum atomic E-state index is -0.418. The van der Waals surface area contributed by atoms with Crippen LogP contribution in [0.4, 0.5) is 5.69 Å². The van der Waals surface area contributed by atoms with Crippen molar-refractivity contribution in [3.8, 4) is 5.75 Å². The third-order valence-electron chi connectivity index (χ3n) is 5.06. The highest BCUT2D eigenvalue weighted by molar-refractivity contribution is 5.79. The summed E-state index contributed by atoms with van der Waals surface area (Å²) in [6.45, 7) is 1.49. The molecule has 0 aromatic heterocycles. The van der Waals surface area contributed by atoms with Crippen molar-refractivity contribution in [2.75, 3.05) is 13.1 Å². The van der Waals surface area contributed by atoms with E-state index in [9.17, 15) is 14.9 Å². The second-order valence-electron chi connectivity index (χ2n) is 6.73. The zero-order valence-electron chi connectivity index (χ0n) is 13.9. The quantitative estimate of drug-likeness (QED) is 0.624. The van der Waals surface area contributed by atoms with Gasteiger partial charge in [0.25, 0.3) is 5.69 Å². The zero-order valence-corrected chi connectivity index (χ0v) is 13.9. The van der Waals surface area contributed by atoms with Crippen LogP contribution >= 0.6 is 0 Å². The van der Waals surface area contributed by atoms with Gasteiger partial charge < -0.3 is 9.64 Å². The molecule has 0 N–H and O–H groups in total. The fourth-order valence-corrected chi connectivity index (χ4v) is 3.64. The van der Waals surface area contributed by atoms with Gasteiger partial charge >= 0.3 is 0 Å².